The second kappa shape index (κ2) is 5.91. The van der Waals surface area contributed by atoms with Gasteiger partial charge in [0.05, 0.1) is 11.0 Å². The number of nitrogens with zero attached hydrogens (tertiary/aromatic N) is 2. The molecule has 0 aliphatic carbocycles. The van der Waals surface area contributed by atoms with Gasteiger partial charge in [-0.25, -0.2) is 0 Å². The van der Waals surface area contributed by atoms with Crippen molar-refractivity contribution in [1.29, 1.82) is 0 Å². The van der Waals surface area contributed by atoms with E-state index in [9.17, 15) is 15.2 Å². The molecule has 1 aromatic heterocycles. The number of thioether (sulfide) groups is 1. The number of anilines is 1. The van der Waals surface area contributed by atoms with E-state index in [0.717, 1.165) is 25.3 Å². The molecule has 7 heteroatoms. The lowest BCUT2D eigenvalue weighted by atomic mass is 10.1. The Kier molecular flexibility index (Phi) is 4.61. The van der Waals surface area contributed by atoms with E-state index in [1.54, 1.807) is 6.92 Å². The summed E-state index contributed by atoms with van der Waals surface area (Å²) in [6.45, 7) is 7.70. The summed E-state index contributed by atoms with van der Waals surface area (Å²) in [5.41, 5.74) is 0.121. The predicted molar refractivity (Wildman–Crippen MR) is 85.0 cm³/mol. The Bertz CT molecular complexity index is 500. The van der Waals surface area contributed by atoms with Crippen LogP contribution < -0.4 is 4.90 Å². The fourth-order valence-corrected chi connectivity index (χ4v) is 4.39. The average Bonchev–Trinajstić information content (AvgIpc) is 2.71. The fourth-order valence-electron chi connectivity index (χ4n) is 2.18. The monoisotopic (exact) mass is 316 g/mol. The van der Waals surface area contributed by atoms with Crippen LogP contribution in [0.3, 0.4) is 0 Å². The van der Waals surface area contributed by atoms with Crippen LogP contribution in [0.2, 0.25) is 0 Å². The van der Waals surface area contributed by atoms with Gasteiger partial charge >= 0.3 is 5.69 Å². The van der Waals surface area contributed by atoms with Crippen LogP contribution in [-0.2, 0) is 0 Å². The number of hydrogen-bond acceptors (Lipinski definition) is 6. The van der Waals surface area contributed by atoms with E-state index >= 15 is 0 Å². The van der Waals surface area contributed by atoms with E-state index in [0.29, 0.717) is 9.88 Å². The van der Waals surface area contributed by atoms with Gasteiger partial charge in [0.1, 0.15) is 0 Å². The van der Waals surface area contributed by atoms with Crippen LogP contribution in [-0.4, -0.2) is 33.6 Å². The van der Waals surface area contributed by atoms with Crippen LogP contribution in [0.25, 0.3) is 0 Å². The predicted octanol–water partition coefficient (Wildman–Crippen LogP) is 3.43. The summed E-state index contributed by atoms with van der Waals surface area (Å²) in [5.74, 6) is 0.964. The third kappa shape index (κ3) is 3.45. The van der Waals surface area contributed by atoms with Gasteiger partial charge in [-0.15, -0.1) is 11.3 Å². The molecule has 1 atom stereocenters. The highest BCUT2D eigenvalue weighted by Gasteiger charge is 2.29. The summed E-state index contributed by atoms with van der Waals surface area (Å²) in [4.78, 5) is 13.6. The highest BCUT2D eigenvalue weighted by Crippen LogP contribution is 2.42. The number of aliphatic hydroxyl groups excluding tert-OH is 1. The Balaban J connectivity index is 2.29. The molecular formula is C13H20N2O3S2. The zero-order valence-electron chi connectivity index (χ0n) is 12.0. The van der Waals surface area contributed by atoms with Crippen molar-refractivity contribution in [2.75, 3.05) is 23.7 Å². The summed E-state index contributed by atoms with van der Waals surface area (Å²) in [5, 5.41) is 21.5. The molecule has 112 valence electrons. The van der Waals surface area contributed by atoms with Crippen molar-refractivity contribution in [1.82, 2.24) is 0 Å². The summed E-state index contributed by atoms with van der Waals surface area (Å²) in [7, 11) is 0. The van der Waals surface area contributed by atoms with Crippen LogP contribution in [0.15, 0.2) is 6.07 Å². The van der Waals surface area contributed by atoms with Gasteiger partial charge in [-0.3, -0.25) is 10.1 Å². The summed E-state index contributed by atoms with van der Waals surface area (Å²) in [6, 6.07) is 1.51. The molecule has 0 bridgehead atoms. The molecule has 0 spiro atoms. The Hall–Kier alpha value is -0.790. The van der Waals surface area contributed by atoms with Gasteiger partial charge in [0, 0.05) is 34.5 Å². The molecule has 2 heterocycles. The number of rotatable bonds is 3. The Labute approximate surface area is 127 Å². The SMILES string of the molecule is C[C@@H](O)c1cc([N+](=O)[O-])c(N2CCSC(C)(C)CC2)s1. The summed E-state index contributed by atoms with van der Waals surface area (Å²) >= 11 is 3.25. The smallest absolute Gasteiger partial charge is 0.304 e. The van der Waals surface area contributed by atoms with Crippen molar-refractivity contribution >= 4 is 33.8 Å². The van der Waals surface area contributed by atoms with Gasteiger partial charge < -0.3 is 10.0 Å². The quantitative estimate of drug-likeness (QED) is 0.683. The molecule has 20 heavy (non-hydrogen) atoms. The molecule has 1 aliphatic heterocycles. The maximum absolute atomic E-state index is 11.2. The molecule has 0 aromatic carbocycles. The molecule has 0 amide bonds. The molecule has 1 fully saturated rings. The molecule has 1 aromatic rings. The number of thiophene rings is 1. The van der Waals surface area contributed by atoms with Crippen molar-refractivity contribution in [2.24, 2.45) is 0 Å². The van der Waals surface area contributed by atoms with E-state index in [-0.39, 0.29) is 15.4 Å². The molecule has 1 aliphatic rings. The van der Waals surface area contributed by atoms with Gasteiger partial charge in [-0.2, -0.15) is 11.8 Å². The van der Waals surface area contributed by atoms with Crippen molar-refractivity contribution in [3.05, 3.63) is 21.1 Å². The maximum Gasteiger partial charge on any atom is 0.304 e. The van der Waals surface area contributed by atoms with Crippen molar-refractivity contribution in [3.63, 3.8) is 0 Å². The number of nitro groups is 1. The first-order valence-electron chi connectivity index (χ1n) is 6.65. The summed E-state index contributed by atoms with van der Waals surface area (Å²) < 4.78 is 0.216. The molecule has 2 rings (SSSR count). The topological polar surface area (TPSA) is 66.6 Å². The lowest BCUT2D eigenvalue weighted by Gasteiger charge is -2.22. The standard InChI is InChI=1S/C13H20N2O3S2/c1-9(16)11-8-10(15(17)18)12(20-11)14-5-4-13(2,3)19-7-6-14/h8-9,16H,4-7H2,1-3H3/t9-/m1/s1. The minimum absolute atomic E-state index is 0.121. The van der Waals surface area contributed by atoms with Gasteiger partial charge in [0.15, 0.2) is 5.00 Å². The first-order chi connectivity index (χ1) is 9.30. The first-order valence-corrected chi connectivity index (χ1v) is 8.45. The van der Waals surface area contributed by atoms with Crippen LogP contribution in [0, 0.1) is 10.1 Å². The van der Waals surface area contributed by atoms with E-state index in [1.165, 1.54) is 17.4 Å². The van der Waals surface area contributed by atoms with Crippen molar-refractivity contribution in [3.8, 4) is 0 Å². The highest BCUT2D eigenvalue weighted by atomic mass is 32.2. The lowest BCUT2D eigenvalue weighted by Crippen LogP contribution is -2.26. The zero-order valence-corrected chi connectivity index (χ0v) is 13.6. The van der Waals surface area contributed by atoms with Gasteiger partial charge in [-0.1, -0.05) is 13.8 Å². The van der Waals surface area contributed by atoms with Crippen LogP contribution in [0.4, 0.5) is 10.7 Å². The minimum Gasteiger partial charge on any atom is -0.388 e. The Morgan fingerprint density at radius 3 is 2.80 bits per heavy atom. The molecule has 1 N–H and O–H groups in total. The lowest BCUT2D eigenvalue weighted by molar-refractivity contribution is -0.383. The van der Waals surface area contributed by atoms with Crippen molar-refractivity contribution in [2.45, 2.75) is 38.0 Å². The summed E-state index contributed by atoms with van der Waals surface area (Å²) in [6.07, 6.45) is 0.335. The Morgan fingerprint density at radius 1 is 1.50 bits per heavy atom. The largest absolute Gasteiger partial charge is 0.388 e. The number of aliphatic hydroxyl groups is 1. The zero-order chi connectivity index (χ0) is 14.9. The van der Waals surface area contributed by atoms with E-state index in [2.05, 4.69) is 18.7 Å². The van der Waals surface area contributed by atoms with E-state index < -0.39 is 6.10 Å². The minimum atomic E-state index is -0.662. The first kappa shape index (κ1) is 15.6. The molecule has 0 saturated carbocycles. The fraction of sp³-hybridized carbons (Fsp3) is 0.692. The van der Waals surface area contributed by atoms with Gasteiger partial charge in [0.25, 0.3) is 0 Å². The van der Waals surface area contributed by atoms with Crippen molar-refractivity contribution < 1.29 is 10.0 Å². The second-order valence-electron chi connectivity index (χ2n) is 5.62. The van der Waals surface area contributed by atoms with E-state index in [1.807, 2.05) is 11.8 Å². The van der Waals surface area contributed by atoms with E-state index in [4.69, 9.17) is 0 Å². The average molecular weight is 316 g/mol. The second-order valence-corrected chi connectivity index (χ2v) is 8.48. The van der Waals surface area contributed by atoms with Crippen LogP contribution >= 0.6 is 23.1 Å². The third-order valence-electron chi connectivity index (χ3n) is 3.45. The maximum atomic E-state index is 11.2. The van der Waals surface area contributed by atoms with Crippen LogP contribution in [0.5, 0.6) is 0 Å². The Morgan fingerprint density at radius 2 is 2.20 bits per heavy atom. The molecule has 1 saturated heterocycles. The molecule has 5 nitrogen and oxygen atoms in total. The van der Waals surface area contributed by atoms with Gasteiger partial charge in [-0.05, 0) is 13.3 Å². The van der Waals surface area contributed by atoms with Gasteiger partial charge in [0.2, 0.25) is 0 Å². The molecular weight excluding hydrogens is 296 g/mol. The third-order valence-corrected chi connectivity index (χ3v) is 6.17. The van der Waals surface area contributed by atoms with Crippen LogP contribution in [0.1, 0.15) is 38.2 Å². The molecule has 0 radical (unpaired) electrons. The highest BCUT2D eigenvalue weighted by molar-refractivity contribution is 8.00. The molecule has 0 unspecified atom stereocenters. The number of hydrogen-bond donors (Lipinski definition) is 1. The normalized spacial score (nSPS) is 20.5.